The molecule has 0 saturated carbocycles. The lowest BCUT2D eigenvalue weighted by Crippen LogP contribution is -2.34. The number of carbonyl (C=O) groups excluding carboxylic acids is 2. The number of aromatic amines is 1. The molecule has 2 fully saturated rings. The molecule has 2 aliphatic heterocycles. The number of hydrogen-bond acceptors (Lipinski definition) is 3. The van der Waals surface area contributed by atoms with Crippen molar-refractivity contribution in [3.63, 3.8) is 0 Å². The summed E-state index contributed by atoms with van der Waals surface area (Å²) in [7, 11) is 0. The third-order valence-corrected chi connectivity index (χ3v) is 4.84. The molecule has 1 aromatic heterocycles. The number of amides is 2. The lowest BCUT2D eigenvalue weighted by atomic mass is 9.86. The van der Waals surface area contributed by atoms with Gasteiger partial charge in [-0.15, -0.1) is 0 Å². The van der Waals surface area contributed by atoms with E-state index in [4.69, 9.17) is 0 Å². The summed E-state index contributed by atoms with van der Waals surface area (Å²) >= 11 is 0. The van der Waals surface area contributed by atoms with Gasteiger partial charge in [-0.25, -0.2) is 4.98 Å². The van der Waals surface area contributed by atoms with Gasteiger partial charge in [-0.05, 0) is 18.6 Å². The lowest BCUT2D eigenvalue weighted by Gasteiger charge is -2.24. The Kier molecular flexibility index (Phi) is 3.18. The lowest BCUT2D eigenvalue weighted by molar-refractivity contribution is -0.117. The zero-order valence-electron chi connectivity index (χ0n) is 12.7. The van der Waals surface area contributed by atoms with Gasteiger partial charge in [-0.3, -0.25) is 9.59 Å². The quantitative estimate of drug-likeness (QED) is 0.917. The topological polar surface area (TPSA) is 69.3 Å². The molecule has 6 nitrogen and oxygen atoms in total. The number of rotatable bonds is 2. The van der Waals surface area contributed by atoms with Crippen LogP contribution < -0.4 is 4.90 Å². The SMILES string of the molecule is O=C(c1cnc[nH]1)N1CCC2(CC(=O)N(c3ccccc3)C2)C1. The van der Waals surface area contributed by atoms with E-state index in [1.54, 1.807) is 6.20 Å². The van der Waals surface area contributed by atoms with Crippen LogP contribution in [-0.2, 0) is 4.79 Å². The molecule has 6 heteroatoms. The standard InChI is InChI=1S/C17H18N4O2/c22-15-8-17(11-21(15)13-4-2-1-3-5-13)6-7-20(10-17)16(23)14-9-18-12-19-14/h1-5,9,12H,6-8,10-11H2,(H,18,19). The molecule has 1 aromatic carbocycles. The van der Waals surface area contributed by atoms with Crippen molar-refractivity contribution in [1.29, 1.82) is 0 Å². The summed E-state index contributed by atoms with van der Waals surface area (Å²) in [5.74, 6) is 0.108. The molecule has 0 bridgehead atoms. The Morgan fingerprint density at radius 1 is 1.22 bits per heavy atom. The molecule has 1 unspecified atom stereocenters. The van der Waals surface area contributed by atoms with Crippen LogP contribution in [0.25, 0.3) is 0 Å². The first-order chi connectivity index (χ1) is 11.2. The third kappa shape index (κ3) is 2.40. The number of anilines is 1. The van der Waals surface area contributed by atoms with Crippen LogP contribution in [0.2, 0.25) is 0 Å². The summed E-state index contributed by atoms with van der Waals surface area (Å²) in [6.07, 6.45) is 4.43. The molecule has 2 aliphatic rings. The Bertz CT molecular complexity index is 728. The number of aromatic nitrogens is 2. The Morgan fingerprint density at radius 2 is 2.04 bits per heavy atom. The molecule has 0 aliphatic carbocycles. The second kappa shape index (κ2) is 5.22. The van der Waals surface area contributed by atoms with Crippen LogP contribution in [0, 0.1) is 5.41 Å². The summed E-state index contributed by atoms with van der Waals surface area (Å²) in [6.45, 7) is 2.00. The van der Waals surface area contributed by atoms with E-state index in [1.807, 2.05) is 40.1 Å². The molecule has 1 atom stereocenters. The number of nitrogens with one attached hydrogen (secondary N) is 1. The van der Waals surface area contributed by atoms with E-state index in [1.165, 1.54) is 6.33 Å². The first-order valence-corrected chi connectivity index (χ1v) is 7.80. The van der Waals surface area contributed by atoms with E-state index in [0.717, 1.165) is 12.1 Å². The molecule has 118 valence electrons. The van der Waals surface area contributed by atoms with Crippen molar-refractivity contribution in [2.24, 2.45) is 5.41 Å². The van der Waals surface area contributed by atoms with Crippen molar-refractivity contribution in [3.05, 3.63) is 48.5 Å². The zero-order valence-corrected chi connectivity index (χ0v) is 12.7. The number of para-hydroxylation sites is 1. The van der Waals surface area contributed by atoms with Crippen molar-refractivity contribution in [3.8, 4) is 0 Å². The zero-order chi connectivity index (χ0) is 15.9. The molecule has 0 radical (unpaired) electrons. The fraction of sp³-hybridized carbons (Fsp3) is 0.353. The summed E-state index contributed by atoms with van der Waals surface area (Å²) in [5, 5.41) is 0. The minimum atomic E-state index is -0.122. The van der Waals surface area contributed by atoms with Crippen molar-refractivity contribution >= 4 is 17.5 Å². The minimum Gasteiger partial charge on any atom is -0.341 e. The maximum absolute atomic E-state index is 12.4. The highest BCUT2D eigenvalue weighted by Gasteiger charge is 2.48. The largest absolute Gasteiger partial charge is 0.341 e. The fourth-order valence-electron chi connectivity index (χ4n) is 3.66. The van der Waals surface area contributed by atoms with Crippen molar-refractivity contribution in [2.75, 3.05) is 24.5 Å². The van der Waals surface area contributed by atoms with Gasteiger partial charge in [0, 0.05) is 37.2 Å². The number of H-pyrrole nitrogens is 1. The fourth-order valence-corrected chi connectivity index (χ4v) is 3.66. The van der Waals surface area contributed by atoms with Gasteiger partial charge in [0.05, 0.1) is 12.5 Å². The number of imidazole rings is 1. The van der Waals surface area contributed by atoms with Crippen LogP contribution in [0.4, 0.5) is 5.69 Å². The summed E-state index contributed by atoms with van der Waals surface area (Å²) in [6, 6.07) is 9.74. The summed E-state index contributed by atoms with van der Waals surface area (Å²) < 4.78 is 0. The average molecular weight is 310 g/mol. The van der Waals surface area contributed by atoms with Gasteiger partial charge in [-0.2, -0.15) is 0 Å². The first-order valence-electron chi connectivity index (χ1n) is 7.80. The number of carbonyl (C=O) groups is 2. The molecule has 2 amide bonds. The molecular formula is C17H18N4O2. The van der Waals surface area contributed by atoms with Crippen LogP contribution in [0.3, 0.4) is 0 Å². The molecule has 4 rings (SSSR count). The molecule has 1 spiro atoms. The van der Waals surface area contributed by atoms with Gasteiger partial charge < -0.3 is 14.8 Å². The molecule has 23 heavy (non-hydrogen) atoms. The van der Waals surface area contributed by atoms with Crippen molar-refractivity contribution in [1.82, 2.24) is 14.9 Å². The van der Waals surface area contributed by atoms with E-state index in [9.17, 15) is 9.59 Å². The molecule has 1 N–H and O–H groups in total. The Hall–Kier alpha value is -2.63. The monoisotopic (exact) mass is 310 g/mol. The Balaban J connectivity index is 1.51. The van der Waals surface area contributed by atoms with E-state index in [-0.39, 0.29) is 17.2 Å². The Morgan fingerprint density at radius 3 is 2.78 bits per heavy atom. The molecule has 3 heterocycles. The van der Waals surface area contributed by atoms with Gasteiger partial charge in [0.15, 0.2) is 0 Å². The molecular weight excluding hydrogens is 292 g/mol. The van der Waals surface area contributed by atoms with Crippen LogP contribution >= 0.6 is 0 Å². The van der Waals surface area contributed by atoms with Gasteiger partial charge in [-0.1, -0.05) is 18.2 Å². The van der Waals surface area contributed by atoms with Gasteiger partial charge in [0.1, 0.15) is 5.69 Å². The number of hydrogen-bond donors (Lipinski definition) is 1. The average Bonchev–Trinajstić information content (AvgIpc) is 3.29. The number of benzene rings is 1. The van der Waals surface area contributed by atoms with E-state index < -0.39 is 0 Å². The van der Waals surface area contributed by atoms with Crippen LogP contribution in [0.15, 0.2) is 42.9 Å². The van der Waals surface area contributed by atoms with E-state index in [0.29, 0.717) is 31.7 Å². The van der Waals surface area contributed by atoms with Crippen LogP contribution in [0.1, 0.15) is 23.3 Å². The maximum atomic E-state index is 12.4. The third-order valence-electron chi connectivity index (χ3n) is 4.84. The van der Waals surface area contributed by atoms with Crippen molar-refractivity contribution < 1.29 is 9.59 Å². The smallest absolute Gasteiger partial charge is 0.271 e. The van der Waals surface area contributed by atoms with Crippen molar-refractivity contribution in [2.45, 2.75) is 12.8 Å². The van der Waals surface area contributed by atoms with E-state index in [2.05, 4.69) is 9.97 Å². The summed E-state index contributed by atoms with van der Waals surface area (Å²) in [5.41, 5.74) is 1.32. The predicted octanol–water partition coefficient (Wildman–Crippen LogP) is 1.68. The van der Waals surface area contributed by atoms with Crippen LogP contribution in [-0.4, -0.2) is 46.3 Å². The molecule has 2 aromatic rings. The van der Waals surface area contributed by atoms with Gasteiger partial charge in [0.25, 0.3) is 5.91 Å². The minimum absolute atomic E-state index is 0.0371. The number of likely N-dealkylation sites (tertiary alicyclic amines) is 1. The Labute approximate surface area is 134 Å². The normalized spacial score (nSPS) is 23.9. The van der Waals surface area contributed by atoms with E-state index >= 15 is 0 Å². The van der Waals surface area contributed by atoms with Gasteiger partial charge >= 0.3 is 0 Å². The number of nitrogens with zero attached hydrogens (tertiary/aromatic N) is 3. The maximum Gasteiger partial charge on any atom is 0.271 e. The highest BCUT2D eigenvalue weighted by atomic mass is 16.2. The highest BCUT2D eigenvalue weighted by molar-refractivity contribution is 5.97. The van der Waals surface area contributed by atoms with Crippen LogP contribution in [0.5, 0.6) is 0 Å². The second-order valence-electron chi connectivity index (χ2n) is 6.43. The first kappa shape index (κ1) is 14.0. The predicted molar refractivity (Wildman–Crippen MR) is 85.0 cm³/mol. The second-order valence-corrected chi connectivity index (χ2v) is 6.43. The highest BCUT2D eigenvalue weighted by Crippen LogP contribution is 2.42. The van der Waals surface area contributed by atoms with Gasteiger partial charge in [0.2, 0.25) is 5.91 Å². The summed E-state index contributed by atoms with van der Waals surface area (Å²) in [4.78, 5) is 35.3. The molecule has 2 saturated heterocycles.